The number of fused-ring (bicyclic) bond motifs is 3. The summed E-state index contributed by atoms with van der Waals surface area (Å²) in [6, 6.07) is 23.2. The quantitative estimate of drug-likeness (QED) is 0.328. The van der Waals surface area contributed by atoms with Crippen LogP contribution < -0.4 is 14.8 Å². The summed E-state index contributed by atoms with van der Waals surface area (Å²) in [5, 5.41) is 4.20. The van der Waals surface area contributed by atoms with Crippen LogP contribution in [0.2, 0.25) is 0 Å². The van der Waals surface area contributed by atoms with E-state index in [4.69, 9.17) is 4.74 Å². The molecule has 7 nitrogen and oxygen atoms in total. The monoisotopic (exact) mass is 519 g/mol. The number of amides is 1. The maximum absolute atomic E-state index is 13.5. The van der Waals surface area contributed by atoms with Gasteiger partial charge in [-0.2, -0.15) is 8.78 Å². The van der Waals surface area contributed by atoms with Crippen LogP contribution in [0, 0.1) is 0 Å². The maximum Gasteiger partial charge on any atom is 0.387 e. The molecule has 4 aromatic rings. The summed E-state index contributed by atoms with van der Waals surface area (Å²) < 4.78 is 36.6. The number of carbonyl (C=O) groups is 2. The van der Waals surface area contributed by atoms with Crippen molar-refractivity contribution in [3.63, 3.8) is 0 Å². The molecule has 0 fully saturated rings. The van der Waals surface area contributed by atoms with E-state index in [-0.39, 0.29) is 36.7 Å². The van der Waals surface area contributed by atoms with Gasteiger partial charge in [0.05, 0.1) is 12.6 Å². The number of alkyl halides is 2. The molecule has 38 heavy (non-hydrogen) atoms. The van der Waals surface area contributed by atoms with E-state index in [1.165, 1.54) is 10.6 Å². The number of nitrogens with one attached hydrogen (secondary N) is 1. The van der Waals surface area contributed by atoms with Crippen LogP contribution in [0.5, 0.6) is 11.5 Å². The van der Waals surface area contributed by atoms with Gasteiger partial charge in [0.15, 0.2) is 0 Å². The third kappa shape index (κ3) is 5.52. The number of carbonyl (C=O) groups excluding carboxylic acids is 2. The molecule has 9 heteroatoms. The summed E-state index contributed by atoms with van der Waals surface area (Å²) >= 11 is 0. The van der Waals surface area contributed by atoms with Gasteiger partial charge in [0, 0.05) is 24.5 Å². The highest BCUT2D eigenvalue weighted by Crippen LogP contribution is 2.28. The first kappa shape index (κ1) is 25.4. The molecular weight excluding hydrogens is 492 g/mol. The van der Waals surface area contributed by atoms with E-state index in [9.17, 15) is 18.4 Å². The summed E-state index contributed by atoms with van der Waals surface area (Å²) in [5.74, 6) is 0.314. The summed E-state index contributed by atoms with van der Waals surface area (Å²) in [4.78, 5) is 28.2. The molecule has 1 N–H and O–H groups in total. The van der Waals surface area contributed by atoms with Gasteiger partial charge in [-0.05, 0) is 53.9 Å². The predicted octanol–water partition coefficient (Wildman–Crippen LogP) is 4.75. The van der Waals surface area contributed by atoms with E-state index in [2.05, 4.69) is 10.1 Å². The average Bonchev–Trinajstić information content (AvgIpc) is 3.30. The highest BCUT2D eigenvalue weighted by molar-refractivity contribution is 6.09. The lowest BCUT2D eigenvalue weighted by Crippen LogP contribution is -2.50. The molecule has 3 aromatic carbocycles. The molecule has 0 aliphatic carbocycles. The number of methoxy groups -OCH3 is 1. The maximum atomic E-state index is 13.5. The second kappa shape index (κ2) is 11.0. The highest BCUT2D eigenvalue weighted by Gasteiger charge is 2.33. The van der Waals surface area contributed by atoms with Crippen molar-refractivity contribution in [3.8, 4) is 11.5 Å². The Balaban J connectivity index is 1.36. The Morgan fingerprint density at radius 3 is 2.47 bits per heavy atom. The first-order valence-corrected chi connectivity index (χ1v) is 12.2. The van der Waals surface area contributed by atoms with Crippen LogP contribution in [0.4, 0.5) is 8.78 Å². The van der Waals surface area contributed by atoms with Gasteiger partial charge in [-0.1, -0.05) is 42.5 Å². The molecule has 2 heterocycles. The Labute approximate surface area is 218 Å². The summed E-state index contributed by atoms with van der Waals surface area (Å²) in [6.45, 7) is -2.29. The van der Waals surface area contributed by atoms with Crippen LogP contribution in [-0.4, -0.2) is 54.1 Å². The minimum Gasteiger partial charge on any atom is -0.497 e. The third-order valence-electron chi connectivity index (χ3n) is 6.57. The van der Waals surface area contributed by atoms with Crippen molar-refractivity contribution in [2.75, 3.05) is 20.2 Å². The zero-order valence-electron chi connectivity index (χ0n) is 20.8. The third-order valence-corrected chi connectivity index (χ3v) is 6.57. The Morgan fingerprint density at radius 1 is 0.921 bits per heavy atom. The number of rotatable bonds is 10. The Hall–Kier alpha value is -4.24. The predicted molar refractivity (Wildman–Crippen MR) is 139 cm³/mol. The van der Waals surface area contributed by atoms with Crippen molar-refractivity contribution >= 4 is 22.7 Å². The van der Waals surface area contributed by atoms with E-state index < -0.39 is 6.61 Å². The lowest BCUT2D eigenvalue weighted by atomic mass is 10.0. The van der Waals surface area contributed by atoms with Crippen LogP contribution in [0.15, 0.2) is 78.9 Å². The number of benzene rings is 3. The van der Waals surface area contributed by atoms with E-state index in [1.54, 1.807) is 48.4 Å². The second-order valence-corrected chi connectivity index (χ2v) is 9.16. The van der Waals surface area contributed by atoms with E-state index in [0.29, 0.717) is 29.9 Å². The van der Waals surface area contributed by atoms with Crippen molar-refractivity contribution in [3.05, 3.63) is 95.7 Å². The average molecular weight is 520 g/mol. The van der Waals surface area contributed by atoms with Crippen molar-refractivity contribution in [1.29, 1.82) is 0 Å². The van der Waals surface area contributed by atoms with Crippen molar-refractivity contribution in [2.45, 2.75) is 25.6 Å². The first-order valence-electron chi connectivity index (χ1n) is 12.2. The van der Waals surface area contributed by atoms with Crippen LogP contribution in [-0.2, 0) is 13.0 Å². The van der Waals surface area contributed by atoms with Gasteiger partial charge in [0.2, 0.25) is 0 Å². The number of nitrogens with zero attached hydrogens (tertiary/aromatic N) is 2. The summed E-state index contributed by atoms with van der Waals surface area (Å²) in [7, 11) is 1.57. The Bertz CT molecular complexity index is 1450. The molecule has 196 valence electrons. The van der Waals surface area contributed by atoms with Crippen LogP contribution in [0.1, 0.15) is 26.4 Å². The largest absolute Gasteiger partial charge is 0.497 e. The fourth-order valence-electron chi connectivity index (χ4n) is 4.82. The highest BCUT2D eigenvalue weighted by atomic mass is 19.3. The smallest absolute Gasteiger partial charge is 0.387 e. The minimum absolute atomic E-state index is 0.0493. The van der Waals surface area contributed by atoms with Gasteiger partial charge in [-0.15, -0.1) is 0 Å². The van der Waals surface area contributed by atoms with Crippen molar-refractivity contribution < 1.29 is 27.8 Å². The standard InChI is InChI=1S/C29H27F2N3O4/c1-37-23-10-11-25-21(14-23)15-26-28(36)33(18-27(35)34(25)26)17-22(12-19-6-3-2-4-7-19)32-16-20-8-5-9-24(13-20)38-29(30)31/h2-11,13-15,22,29,32H,12,16-18H2,1H3/t22-/m0/s1. The molecule has 1 atom stereocenters. The fraction of sp³-hybridized carbons (Fsp3) is 0.241. The number of halogens is 2. The second-order valence-electron chi connectivity index (χ2n) is 9.16. The van der Waals surface area contributed by atoms with Crippen molar-refractivity contribution in [1.82, 2.24) is 14.8 Å². The zero-order valence-corrected chi connectivity index (χ0v) is 20.8. The molecule has 0 radical (unpaired) electrons. The van der Waals surface area contributed by atoms with Gasteiger partial charge in [0.25, 0.3) is 11.8 Å². The number of hydrogen-bond donors (Lipinski definition) is 1. The molecule has 0 unspecified atom stereocenters. The molecule has 1 aromatic heterocycles. The van der Waals surface area contributed by atoms with Gasteiger partial charge < -0.3 is 19.7 Å². The number of ether oxygens (including phenoxy) is 2. The van der Waals surface area contributed by atoms with E-state index in [1.807, 2.05) is 36.4 Å². The Kier molecular flexibility index (Phi) is 7.37. The van der Waals surface area contributed by atoms with Crippen molar-refractivity contribution in [2.24, 2.45) is 0 Å². The van der Waals surface area contributed by atoms with Gasteiger partial charge in [0.1, 0.15) is 23.7 Å². The molecule has 0 saturated carbocycles. The normalized spacial score (nSPS) is 14.2. The molecule has 5 rings (SSSR count). The SMILES string of the molecule is COc1ccc2c(c1)cc1n2C(=O)CN(C[C@H](Cc2ccccc2)NCc2cccc(OC(F)F)c2)C1=O. The van der Waals surface area contributed by atoms with Crippen LogP contribution in [0.3, 0.4) is 0 Å². The minimum atomic E-state index is -2.90. The molecular formula is C29H27F2N3O4. The summed E-state index contributed by atoms with van der Waals surface area (Å²) in [6.07, 6.45) is 0.603. The topological polar surface area (TPSA) is 72.8 Å². The molecule has 0 spiro atoms. The first-order chi connectivity index (χ1) is 18.4. The summed E-state index contributed by atoms with van der Waals surface area (Å²) in [5.41, 5.74) is 2.82. The lowest BCUT2D eigenvalue weighted by Gasteiger charge is -2.31. The number of aromatic nitrogens is 1. The van der Waals surface area contributed by atoms with Crippen LogP contribution >= 0.6 is 0 Å². The zero-order chi connectivity index (χ0) is 26.6. The van der Waals surface area contributed by atoms with E-state index in [0.717, 1.165) is 16.5 Å². The van der Waals surface area contributed by atoms with Gasteiger partial charge in [-0.25, -0.2) is 0 Å². The molecule has 0 saturated heterocycles. The molecule has 0 bridgehead atoms. The molecule has 1 amide bonds. The number of hydrogen-bond acceptors (Lipinski definition) is 5. The lowest BCUT2D eigenvalue weighted by molar-refractivity contribution is -0.0498. The van der Waals surface area contributed by atoms with Gasteiger partial charge >= 0.3 is 6.61 Å². The Morgan fingerprint density at radius 2 is 1.71 bits per heavy atom. The van der Waals surface area contributed by atoms with Crippen LogP contribution in [0.25, 0.3) is 10.9 Å². The van der Waals surface area contributed by atoms with E-state index >= 15 is 0 Å². The molecule has 1 aliphatic heterocycles. The van der Waals surface area contributed by atoms with Gasteiger partial charge in [-0.3, -0.25) is 14.2 Å². The fourth-order valence-corrected chi connectivity index (χ4v) is 4.82. The molecule has 1 aliphatic rings.